The highest BCUT2D eigenvalue weighted by atomic mass is 32.2. The van der Waals surface area contributed by atoms with Gasteiger partial charge in [0.15, 0.2) is 0 Å². The van der Waals surface area contributed by atoms with Gasteiger partial charge in [-0.2, -0.15) is 0 Å². The molecule has 2 heterocycles. The van der Waals surface area contributed by atoms with E-state index in [9.17, 15) is 0 Å². The lowest BCUT2D eigenvalue weighted by molar-refractivity contribution is 1.11. The Morgan fingerprint density at radius 1 is 0.857 bits per heavy atom. The molecule has 0 amide bonds. The highest BCUT2D eigenvalue weighted by Crippen LogP contribution is 2.56. The fourth-order valence-electron chi connectivity index (χ4n) is 2.69. The van der Waals surface area contributed by atoms with Gasteiger partial charge in [-0.15, -0.1) is 0 Å². The summed E-state index contributed by atoms with van der Waals surface area (Å²) in [6, 6.07) is 17.0. The molecule has 0 radical (unpaired) electrons. The first-order valence-electron chi connectivity index (χ1n) is 6.69. The zero-order valence-electron chi connectivity index (χ0n) is 11.4. The Kier molecular flexibility index (Phi) is 2.98. The standard InChI is InChI=1S/C18H13NS2/c1-3-15-18-12(2)20-16-10-6-4-8-13(16)19(18)14-9-5-7-11-17(14)21-15/h3-11H,1-2H2. The number of fused-ring (bicyclic) bond motifs is 5. The Morgan fingerprint density at radius 2 is 1.43 bits per heavy atom. The summed E-state index contributed by atoms with van der Waals surface area (Å²) >= 11 is 3.50. The van der Waals surface area contributed by atoms with Crippen molar-refractivity contribution in [3.8, 4) is 0 Å². The van der Waals surface area contributed by atoms with Gasteiger partial charge in [0.2, 0.25) is 0 Å². The van der Waals surface area contributed by atoms with Gasteiger partial charge in [-0.3, -0.25) is 0 Å². The van der Waals surface area contributed by atoms with Crippen LogP contribution >= 0.6 is 23.5 Å². The van der Waals surface area contributed by atoms with E-state index < -0.39 is 0 Å². The molecule has 0 spiro atoms. The van der Waals surface area contributed by atoms with Crippen molar-refractivity contribution in [3.05, 3.63) is 83.3 Å². The molecular formula is C18H13NS2. The molecule has 4 rings (SSSR count). The second kappa shape index (κ2) is 4.86. The minimum absolute atomic E-state index is 1.07. The van der Waals surface area contributed by atoms with Crippen molar-refractivity contribution >= 4 is 34.9 Å². The molecule has 0 saturated heterocycles. The van der Waals surface area contributed by atoms with Gasteiger partial charge in [0.25, 0.3) is 0 Å². The zero-order chi connectivity index (χ0) is 14.4. The van der Waals surface area contributed by atoms with E-state index in [-0.39, 0.29) is 0 Å². The molecule has 1 nitrogen and oxygen atoms in total. The summed E-state index contributed by atoms with van der Waals surface area (Å²) in [6.45, 7) is 8.25. The van der Waals surface area contributed by atoms with E-state index in [0.29, 0.717) is 0 Å². The Hall–Kier alpha value is -1.84. The van der Waals surface area contributed by atoms with Crippen molar-refractivity contribution in [1.29, 1.82) is 0 Å². The first kappa shape index (κ1) is 12.9. The topological polar surface area (TPSA) is 3.24 Å². The molecule has 2 aromatic rings. The predicted molar refractivity (Wildman–Crippen MR) is 93.1 cm³/mol. The van der Waals surface area contributed by atoms with E-state index in [0.717, 1.165) is 10.6 Å². The van der Waals surface area contributed by atoms with Gasteiger partial charge in [0.1, 0.15) is 0 Å². The summed E-state index contributed by atoms with van der Waals surface area (Å²) in [5.74, 6) is 0. The molecule has 0 atom stereocenters. The highest BCUT2D eigenvalue weighted by molar-refractivity contribution is 8.04. The van der Waals surface area contributed by atoms with Crippen LogP contribution in [-0.2, 0) is 0 Å². The number of anilines is 2. The number of rotatable bonds is 1. The second-order valence-corrected chi connectivity index (χ2v) is 7.04. The van der Waals surface area contributed by atoms with Crippen molar-refractivity contribution in [2.24, 2.45) is 0 Å². The van der Waals surface area contributed by atoms with E-state index in [2.05, 4.69) is 66.6 Å². The summed E-state index contributed by atoms with van der Waals surface area (Å²) in [5.41, 5.74) is 3.60. The maximum atomic E-state index is 4.27. The quantitative estimate of drug-likeness (QED) is 0.641. The lowest BCUT2D eigenvalue weighted by atomic mass is 10.1. The van der Waals surface area contributed by atoms with Gasteiger partial charge in [-0.25, -0.2) is 0 Å². The molecule has 0 saturated carbocycles. The molecule has 0 N–H and O–H groups in total. The van der Waals surface area contributed by atoms with Gasteiger partial charge in [0.05, 0.1) is 17.1 Å². The Balaban J connectivity index is 2.05. The Labute approximate surface area is 133 Å². The third-order valence-electron chi connectivity index (χ3n) is 3.57. The van der Waals surface area contributed by atoms with Crippen LogP contribution in [0.1, 0.15) is 0 Å². The molecule has 21 heavy (non-hydrogen) atoms. The third-order valence-corrected chi connectivity index (χ3v) is 5.72. The summed E-state index contributed by atoms with van der Waals surface area (Å²) in [5, 5.41) is 0. The van der Waals surface area contributed by atoms with Crippen molar-refractivity contribution < 1.29 is 0 Å². The van der Waals surface area contributed by atoms with Crippen LogP contribution in [0.2, 0.25) is 0 Å². The van der Waals surface area contributed by atoms with Crippen molar-refractivity contribution in [3.63, 3.8) is 0 Å². The van der Waals surface area contributed by atoms with Crippen LogP contribution in [0.15, 0.2) is 93.1 Å². The van der Waals surface area contributed by atoms with Crippen LogP contribution in [0.5, 0.6) is 0 Å². The number of benzene rings is 2. The molecule has 0 aliphatic carbocycles. The fourth-order valence-corrected chi connectivity index (χ4v) is 4.77. The monoisotopic (exact) mass is 307 g/mol. The number of allylic oxidation sites excluding steroid dienone is 1. The summed E-state index contributed by atoms with van der Waals surface area (Å²) in [4.78, 5) is 7.06. The lowest BCUT2D eigenvalue weighted by Crippen LogP contribution is -2.24. The van der Waals surface area contributed by atoms with Gasteiger partial charge < -0.3 is 4.90 Å². The third kappa shape index (κ3) is 1.88. The average Bonchev–Trinajstić information content (AvgIpc) is 2.53. The van der Waals surface area contributed by atoms with Gasteiger partial charge in [-0.1, -0.05) is 67.0 Å². The van der Waals surface area contributed by atoms with E-state index in [1.165, 1.54) is 26.1 Å². The second-order valence-electron chi connectivity index (χ2n) is 4.82. The number of hydrogen-bond donors (Lipinski definition) is 0. The summed E-state index contributed by atoms with van der Waals surface area (Å²) in [6.07, 6.45) is 1.93. The molecule has 0 bridgehead atoms. The van der Waals surface area contributed by atoms with Gasteiger partial charge in [-0.05, 0) is 24.3 Å². The van der Waals surface area contributed by atoms with Gasteiger partial charge >= 0.3 is 0 Å². The van der Waals surface area contributed by atoms with Crippen molar-refractivity contribution in [2.75, 3.05) is 4.90 Å². The van der Waals surface area contributed by atoms with E-state index in [1.807, 2.05) is 6.08 Å². The molecule has 2 aliphatic rings. The largest absolute Gasteiger partial charge is 0.306 e. The first-order valence-corrected chi connectivity index (χ1v) is 8.33. The molecule has 3 heteroatoms. The highest BCUT2D eigenvalue weighted by Gasteiger charge is 2.32. The van der Waals surface area contributed by atoms with Crippen molar-refractivity contribution in [1.82, 2.24) is 0 Å². The van der Waals surface area contributed by atoms with Crippen LogP contribution in [-0.4, -0.2) is 0 Å². The number of para-hydroxylation sites is 2. The Morgan fingerprint density at radius 3 is 2.05 bits per heavy atom. The molecule has 2 aromatic carbocycles. The zero-order valence-corrected chi connectivity index (χ0v) is 13.0. The average molecular weight is 307 g/mol. The van der Waals surface area contributed by atoms with Crippen LogP contribution in [0, 0.1) is 0 Å². The molecule has 0 unspecified atom stereocenters. The molecule has 0 aromatic heterocycles. The first-order chi connectivity index (χ1) is 10.3. The summed E-state index contributed by atoms with van der Waals surface area (Å²) in [7, 11) is 0. The fraction of sp³-hybridized carbons (Fsp3) is 0. The number of thioether (sulfide) groups is 2. The normalized spacial score (nSPS) is 16.2. The van der Waals surface area contributed by atoms with E-state index in [4.69, 9.17) is 0 Å². The lowest BCUT2D eigenvalue weighted by Gasteiger charge is -2.39. The molecular weight excluding hydrogens is 294 g/mol. The minimum atomic E-state index is 1.07. The number of hydrogen-bond acceptors (Lipinski definition) is 3. The Bertz CT molecular complexity index is 804. The molecule has 102 valence electrons. The van der Waals surface area contributed by atoms with Crippen LogP contribution in [0.3, 0.4) is 0 Å². The molecule has 0 fully saturated rings. The van der Waals surface area contributed by atoms with Crippen molar-refractivity contribution in [2.45, 2.75) is 9.79 Å². The minimum Gasteiger partial charge on any atom is -0.306 e. The summed E-state index contributed by atoms with van der Waals surface area (Å²) < 4.78 is 0. The smallest absolute Gasteiger partial charge is 0.0735 e. The predicted octanol–water partition coefficient (Wildman–Crippen LogP) is 5.95. The van der Waals surface area contributed by atoms with Gasteiger partial charge in [0, 0.05) is 19.6 Å². The maximum Gasteiger partial charge on any atom is 0.0735 e. The van der Waals surface area contributed by atoms with E-state index >= 15 is 0 Å². The maximum absolute atomic E-state index is 4.27. The SMILES string of the molecule is C=CC1=C2C(=C)Sc3ccccc3N2c2ccccc2S1. The van der Waals surface area contributed by atoms with Crippen LogP contribution < -0.4 is 4.90 Å². The van der Waals surface area contributed by atoms with Crippen LogP contribution in [0.25, 0.3) is 0 Å². The molecule has 2 aliphatic heterocycles. The van der Waals surface area contributed by atoms with Crippen LogP contribution in [0.4, 0.5) is 11.4 Å². The number of nitrogens with zero attached hydrogens (tertiary/aromatic N) is 1. The van der Waals surface area contributed by atoms with E-state index in [1.54, 1.807) is 23.5 Å².